The topological polar surface area (TPSA) is 92.4 Å². The number of fused-ring (bicyclic) bond motifs is 1. The molecule has 0 atom stereocenters. The molecule has 3 aromatic rings. The molecule has 148 valence electrons. The Bertz CT molecular complexity index is 1180. The zero-order valence-corrected chi connectivity index (χ0v) is 17.6. The van der Waals surface area contributed by atoms with Crippen molar-refractivity contribution in [3.05, 3.63) is 57.3 Å². The number of aromatic amines is 1. The van der Waals surface area contributed by atoms with Crippen LogP contribution in [0, 0.1) is 6.92 Å². The molecular weight excluding hydrogens is 425 g/mol. The van der Waals surface area contributed by atoms with Crippen LogP contribution in [0.3, 0.4) is 0 Å². The summed E-state index contributed by atoms with van der Waals surface area (Å²) in [7, 11) is -1.28. The van der Waals surface area contributed by atoms with Gasteiger partial charge in [-0.25, -0.2) is 18.2 Å². The van der Waals surface area contributed by atoms with Crippen molar-refractivity contribution < 1.29 is 17.9 Å². The van der Waals surface area contributed by atoms with E-state index in [0.717, 1.165) is 4.31 Å². The Labute approximate surface area is 172 Å². The smallest absolute Gasteiger partial charge is 0.340 e. The Hall–Kier alpha value is -2.13. The average molecular weight is 442 g/mol. The van der Waals surface area contributed by atoms with Gasteiger partial charge in [0.2, 0.25) is 10.0 Å². The number of hydrogen-bond donors (Lipinski definition) is 1. The van der Waals surface area contributed by atoms with Gasteiger partial charge in [0.1, 0.15) is 10.7 Å². The van der Waals surface area contributed by atoms with E-state index in [4.69, 9.17) is 27.9 Å². The van der Waals surface area contributed by atoms with Gasteiger partial charge in [0.15, 0.2) is 0 Å². The van der Waals surface area contributed by atoms with Gasteiger partial charge in [-0.05, 0) is 30.7 Å². The Morgan fingerprint density at radius 2 is 1.96 bits per heavy atom. The number of rotatable bonds is 5. The second-order valence-electron chi connectivity index (χ2n) is 6.14. The number of nitrogens with one attached hydrogen (secondary N) is 1. The van der Waals surface area contributed by atoms with Gasteiger partial charge in [-0.2, -0.15) is 4.31 Å². The van der Waals surface area contributed by atoms with Crippen molar-refractivity contribution in [3.63, 3.8) is 0 Å². The Morgan fingerprint density at radius 3 is 2.64 bits per heavy atom. The van der Waals surface area contributed by atoms with Crippen LogP contribution in [0.1, 0.15) is 21.7 Å². The number of benzene rings is 2. The van der Waals surface area contributed by atoms with E-state index in [1.165, 1.54) is 20.2 Å². The van der Waals surface area contributed by atoms with Crippen molar-refractivity contribution in [1.29, 1.82) is 0 Å². The third-order valence-electron chi connectivity index (χ3n) is 4.26. The van der Waals surface area contributed by atoms with E-state index in [-0.39, 0.29) is 21.5 Å². The summed E-state index contributed by atoms with van der Waals surface area (Å²) in [6.07, 6.45) is 0. The fraction of sp³-hybridized carbons (Fsp3) is 0.222. The van der Waals surface area contributed by atoms with E-state index in [1.807, 2.05) is 0 Å². The number of carbonyl (C=O) groups is 1. The second-order valence-corrected chi connectivity index (χ2v) is 8.91. The molecule has 3 rings (SSSR count). The molecule has 0 aliphatic carbocycles. The minimum atomic E-state index is -3.97. The maximum Gasteiger partial charge on any atom is 0.340 e. The number of sulfonamides is 1. The molecule has 2 aromatic carbocycles. The lowest BCUT2D eigenvalue weighted by atomic mass is 10.2. The van der Waals surface area contributed by atoms with Crippen LogP contribution >= 0.6 is 23.2 Å². The standard InChI is InChI=1S/C18H17Cl2N3O4S/c1-10-7-8-12(19)17(15(10)20)28(25,26)23(2)9-14-21-13-6-4-5-11(16(13)22-14)18(24)27-3/h4-8H,9H2,1-3H3,(H,21,22). The molecule has 0 aliphatic rings. The number of hydrogen-bond acceptors (Lipinski definition) is 5. The number of aromatic nitrogens is 2. The van der Waals surface area contributed by atoms with Gasteiger partial charge in [0, 0.05) is 7.05 Å². The quantitative estimate of drug-likeness (QED) is 0.607. The maximum atomic E-state index is 13.0. The first-order valence-corrected chi connectivity index (χ1v) is 10.3. The van der Waals surface area contributed by atoms with Gasteiger partial charge in [-0.15, -0.1) is 0 Å². The first-order valence-electron chi connectivity index (χ1n) is 8.13. The van der Waals surface area contributed by atoms with Crippen molar-refractivity contribution in [2.24, 2.45) is 0 Å². The molecule has 0 saturated heterocycles. The summed E-state index contributed by atoms with van der Waals surface area (Å²) in [5, 5.41) is 0.122. The first-order chi connectivity index (χ1) is 13.2. The highest BCUT2D eigenvalue weighted by molar-refractivity contribution is 7.89. The number of methoxy groups -OCH3 is 1. The van der Waals surface area contributed by atoms with Crippen LogP contribution in [-0.2, 0) is 21.3 Å². The van der Waals surface area contributed by atoms with Crippen molar-refractivity contribution in [1.82, 2.24) is 14.3 Å². The van der Waals surface area contributed by atoms with E-state index in [1.54, 1.807) is 31.2 Å². The van der Waals surface area contributed by atoms with Gasteiger partial charge < -0.3 is 9.72 Å². The molecule has 0 unspecified atom stereocenters. The fourth-order valence-corrected chi connectivity index (χ4v) is 5.02. The van der Waals surface area contributed by atoms with Crippen molar-refractivity contribution >= 4 is 50.2 Å². The maximum absolute atomic E-state index is 13.0. The number of carbonyl (C=O) groups excluding carboxylic acids is 1. The molecular formula is C18H17Cl2N3O4S. The van der Waals surface area contributed by atoms with Crippen LogP contribution in [-0.4, -0.2) is 42.8 Å². The molecule has 1 heterocycles. The molecule has 7 nitrogen and oxygen atoms in total. The molecule has 0 saturated carbocycles. The van der Waals surface area contributed by atoms with Crippen molar-refractivity contribution in [3.8, 4) is 0 Å². The Morgan fingerprint density at radius 1 is 1.25 bits per heavy atom. The Kier molecular flexibility index (Phi) is 5.67. The molecule has 1 N–H and O–H groups in total. The fourth-order valence-electron chi connectivity index (χ4n) is 2.76. The zero-order chi connectivity index (χ0) is 20.6. The summed E-state index contributed by atoms with van der Waals surface area (Å²) >= 11 is 12.3. The number of H-pyrrole nitrogens is 1. The largest absolute Gasteiger partial charge is 0.465 e. The normalized spacial score (nSPS) is 11.9. The molecule has 0 spiro atoms. The highest BCUT2D eigenvalue weighted by Crippen LogP contribution is 2.34. The van der Waals surface area contributed by atoms with Crippen LogP contribution in [0.2, 0.25) is 10.0 Å². The minimum absolute atomic E-state index is 0.0417. The SMILES string of the molecule is COC(=O)c1cccc2nc(CN(C)S(=O)(=O)c3c(Cl)ccc(C)c3Cl)[nH]c12. The second kappa shape index (κ2) is 7.71. The number of nitrogens with zero attached hydrogens (tertiary/aromatic N) is 2. The lowest BCUT2D eigenvalue weighted by Gasteiger charge is -2.18. The number of ether oxygens (including phenoxy) is 1. The highest BCUT2D eigenvalue weighted by Gasteiger charge is 2.28. The average Bonchev–Trinajstić information content (AvgIpc) is 3.06. The van der Waals surface area contributed by atoms with Crippen LogP contribution in [0.5, 0.6) is 0 Å². The van der Waals surface area contributed by atoms with E-state index >= 15 is 0 Å². The monoisotopic (exact) mass is 441 g/mol. The summed E-state index contributed by atoms with van der Waals surface area (Å²) in [5.41, 5.74) is 1.91. The number of para-hydroxylation sites is 1. The number of esters is 1. The summed E-state index contributed by atoms with van der Waals surface area (Å²) in [6, 6.07) is 8.13. The van der Waals surface area contributed by atoms with Crippen molar-refractivity contribution in [2.75, 3.05) is 14.2 Å². The molecule has 0 amide bonds. The van der Waals surface area contributed by atoms with Gasteiger partial charge in [-0.1, -0.05) is 35.3 Å². The van der Waals surface area contributed by atoms with E-state index < -0.39 is 16.0 Å². The van der Waals surface area contributed by atoms with E-state index in [9.17, 15) is 13.2 Å². The number of aryl methyl sites for hydroxylation is 1. The highest BCUT2D eigenvalue weighted by atomic mass is 35.5. The van der Waals surface area contributed by atoms with Gasteiger partial charge in [-0.3, -0.25) is 0 Å². The summed E-state index contributed by atoms with van der Waals surface area (Å²) < 4.78 is 31.9. The minimum Gasteiger partial charge on any atom is -0.465 e. The summed E-state index contributed by atoms with van der Waals surface area (Å²) in [4.78, 5) is 19.1. The van der Waals surface area contributed by atoms with E-state index in [0.29, 0.717) is 28.0 Å². The predicted octanol–water partition coefficient (Wildman–Crippen LogP) is 3.79. The molecule has 1 aromatic heterocycles. The van der Waals surface area contributed by atoms with Crippen LogP contribution in [0.25, 0.3) is 11.0 Å². The van der Waals surface area contributed by atoms with Crippen LogP contribution in [0.4, 0.5) is 0 Å². The lowest BCUT2D eigenvalue weighted by molar-refractivity contribution is 0.0602. The number of halogens is 2. The van der Waals surface area contributed by atoms with Crippen LogP contribution in [0.15, 0.2) is 35.2 Å². The molecule has 28 heavy (non-hydrogen) atoms. The summed E-state index contributed by atoms with van der Waals surface area (Å²) in [5.74, 6) is -0.155. The predicted molar refractivity (Wildman–Crippen MR) is 107 cm³/mol. The van der Waals surface area contributed by atoms with Crippen LogP contribution < -0.4 is 0 Å². The molecule has 0 radical (unpaired) electrons. The lowest BCUT2D eigenvalue weighted by Crippen LogP contribution is -2.27. The van der Waals surface area contributed by atoms with Gasteiger partial charge >= 0.3 is 5.97 Å². The molecule has 0 aliphatic heterocycles. The number of imidazole rings is 1. The van der Waals surface area contributed by atoms with Gasteiger partial charge in [0.05, 0.1) is 40.3 Å². The van der Waals surface area contributed by atoms with Crippen molar-refractivity contribution in [2.45, 2.75) is 18.4 Å². The molecule has 0 fully saturated rings. The van der Waals surface area contributed by atoms with Gasteiger partial charge in [0.25, 0.3) is 0 Å². The Balaban J connectivity index is 1.98. The molecule has 10 heteroatoms. The first kappa shape index (κ1) is 20.6. The van der Waals surface area contributed by atoms with E-state index in [2.05, 4.69) is 9.97 Å². The summed E-state index contributed by atoms with van der Waals surface area (Å²) in [6.45, 7) is 1.63. The third-order valence-corrected chi connectivity index (χ3v) is 7.17. The third kappa shape index (κ3) is 3.60. The molecule has 0 bridgehead atoms. The zero-order valence-electron chi connectivity index (χ0n) is 15.3.